The fourth-order valence-electron chi connectivity index (χ4n) is 1.48. The highest BCUT2D eigenvalue weighted by Gasteiger charge is 2.21. The Morgan fingerprint density at radius 1 is 1.44 bits per heavy atom. The van der Waals surface area contributed by atoms with Crippen LogP contribution in [0.5, 0.6) is 0 Å². The Bertz CT molecular complexity index is 296. The largest absolute Gasteiger partial charge is 0.375 e. The summed E-state index contributed by atoms with van der Waals surface area (Å²) in [6.45, 7) is 1.93. The topological polar surface area (TPSA) is 89.2 Å². The van der Waals surface area contributed by atoms with Gasteiger partial charge in [-0.05, 0) is 0 Å². The number of amides is 1. The van der Waals surface area contributed by atoms with Gasteiger partial charge in [-0.25, -0.2) is 0 Å². The lowest BCUT2D eigenvalue weighted by Crippen LogP contribution is -2.42. The van der Waals surface area contributed by atoms with E-state index in [9.17, 15) is 4.79 Å². The first-order valence-electron chi connectivity index (χ1n) is 5.12. The summed E-state index contributed by atoms with van der Waals surface area (Å²) in [5, 5.41) is 20.2. The molecule has 1 aliphatic rings. The molecule has 0 aliphatic carbocycles. The molecule has 0 radical (unpaired) electrons. The minimum absolute atomic E-state index is 0.0491. The molecule has 0 spiro atoms. The van der Waals surface area contributed by atoms with Crippen molar-refractivity contribution in [1.29, 1.82) is 10.5 Å². The molecular formula is C10H14N4O2. The molecule has 1 saturated heterocycles. The van der Waals surface area contributed by atoms with Gasteiger partial charge in [0, 0.05) is 13.1 Å². The third kappa shape index (κ3) is 3.85. The molecule has 1 heterocycles. The second kappa shape index (κ2) is 6.78. The van der Waals surface area contributed by atoms with E-state index < -0.39 is 0 Å². The minimum Gasteiger partial charge on any atom is -0.375 e. The SMILES string of the molecule is N#CCN(CC#N)C(=O)CC1CNCCO1. The highest BCUT2D eigenvalue weighted by atomic mass is 16.5. The Balaban J connectivity index is 2.41. The van der Waals surface area contributed by atoms with E-state index in [1.165, 1.54) is 4.90 Å². The lowest BCUT2D eigenvalue weighted by molar-refractivity contribution is -0.133. The van der Waals surface area contributed by atoms with Crippen LogP contribution in [-0.2, 0) is 9.53 Å². The number of ether oxygens (including phenoxy) is 1. The van der Waals surface area contributed by atoms with Gasteiger partial charge in [-0.3, -0.25) is 4.79 Å². The van der Waals surface area contributed by atoms with Crippen molar-refractivity contribution < 1.29 is 9.53 Å². The van der Waals surface area contributed by atoms with Crippen LogP contribution in [0.25, 0.3) is 0 Å². The number of nitrogens with one attached hydrogen (secondary N) is 1. The molecule has 1 fully saturated rings. The third-order valence-corrected chi connectivity index (χ3v) is 2.28. The summed E-state index contributed by atoms with van der Waals surface area (Å²) >= 11 is 0. The Morgan fingerprint density at radius 3 is 2.62 bits per heavy atom. The van der Waals surface area contributed by atoms with E-state index in [0.717, 1.165) is 6.54 Å². The van der Waals surface area contributed by atoms with Gasteiger partial charge in [-0.1, -0.05) is 0 Å². The van der Waals surface area contributed by atoms with Crippen LogP contribution in [-0.4, -0.2) is 49.7 Å². The number of hydrogen-bond acceptors (Lipinski definition) is 5. The van der Waals surface area contributed by atoms with Gasteiger partial charge in [0.25, 0.3) is 0 Å². The first-order chi connectivity index (χ1) is 7.77. The van der Waals surface area contributed by atoms with Gasteiger partial charge in [0.1, 0.15) is 13.1 Å². The van der Waals surface area contributed by atoms with E-state index in [1.54, 1.807) is 0 Å². The van der Waals surface area contributed by atoms with Crippen LogP contribution in [0.3, 0.4) is 0 Å². The average Bonchev–Trinajstić information content (AvgIpc) is 2.30. The molecule has 86 valence electrons. The summed E-state index contributed by atoms with van der Waals surface area (Å²) < 4.78 is 5.38. The molecule has 6 heteroatoms. The van der Waals surface area contributed by atoms with Crippen molar-refractivity contribution in [3.63, 3.8) is 0 Å². The fraction of sp³-hybridized carbons (Fsp3) is 0.700. The predicted octanol–water partition coefficient (Wildman–Crippen LogP) is -0.759. The van der Waals surface area contributed by atoms with Crippen LogP contribution in [0.15, 0.2) is 0 Å². The zero-order chi connectivity index (χ0) is 11.8. The molecule has 0 aromatic heterocycles. The van der Waals surface area contributed by atoms with E-state index in [1.807, 2.05) is 12.1 Å². The predicted molar refractivity (Wildman–Crippen MR) is 55.0 cm³/mol. The van der Waals surface area contributed by atoms with E-state index in [2.05, 4.69) is 5.32 Å². The van der Waals surface area contributed by atoms with Gasteiger partial charge in [-0.15, -0.1) is 0 Å². The van der Waals surface area contributed by atoms with Gasteiger partial charge in [0.05, 0.1) is 31.3 Å². The normalized spacial score (nSPS) is 19.5. The smallest absolute Gasteiger partial charge is 0.226 e. The van der Waals surface area contributed by atoms with Gasteiger partial charge < -0.3 is 15.0 Å². The maximum atomic E-state index is 11.7. The third-order valence-electron chi connectivity index (χ3n) is 2.28. The van der Waals surface area contributed by atoms with Crippen LogP contribution < -0.4 is 5.32 Å². The molecule has 0 aromatic rings. The molecular weight excluding hydrogens is 208 g/mol. The molecule has 16 heavy (non-hydrogen) atoms. The zero-order valence-electron chi connectivity index (χ0n) is 8.98. The summed E-state index contributed by atoms with van der Waals surface area (Å²) in [6.07, 6.45) is 0.0669. The van der Waals surface area contributed by atoms with Crippen LogP contribution in [0.1, 0.15) is 6.42 Å². The van der Waals surface area contributed by atoms with Crippen molar-refractivity contribution in [2.75, 3.05) is 32.8 Å². The molecule has 1 amide bonds. The molecule has 0 bridgehead atoms. The Kier molecular flexibility index (Phi) is 5.27. The highest BCUT2D eigenvalue weighted by Crippen LogP contribution is 2.04. The monoisotopic (exact) mass is 222 g/mol. The second-order valence-electron chi connectivity index (χ2n) is 3.47. The van der Waals surface area contributed by atoms with Crippen molar-refractivity contribution in [2.24, 2.45) is 0 Å². The van der Waals surface area contributed by atoms with Crippen molar-refractivity contribution in [1.82, 2.24) is 10.2 Å². The molecule has 1 rings (SSSR count). The van der Waals surface area contributed by atoms with E-state index in [-0.39, 0.29) is 31.5 Å². The summed E-state index contributed by atoms with van der Waals surface area (Å²) in [7, 11) is 0. The maximum absolute atomic E-state index is 11.7. The molecule has 1 N–H and O–H groups in total. The van der Waals surface area contributed by atoms with Gasteiger partial charge in [0.2, 0.25) is 5.91 Å². The summed E-state index contributed by atoms with van der Waals surface area (Å²) in [4.78, 5) is 12.9. The Hall–Kier alpha value is -1.63. The molecule has 0 saturated carbocycles. The number of morpholine rings is 1. The Morgan fingerprint density at radius 2 is 2.12 bits per heavy atom. The van der Waals surface area contributed by atoms with Crippen LogP contribution >= 0.6 is 0 Å². The van der Waals surface area contributed by atoms with Crippen molar-refractivity contribution in [3.05, 3.63) is 0 Å². The number of rotatable bonds is 4. The maximum Gasteiger partial charge on any atom is 0.226 e. The molecule has 6 nitrogen and oxygen atoms in total. The number of hydrogen-bond donors (Lipinski definition) is 1. The summed E-state index contributed by atoms with van der Waals surface area (Å²) in [6, 6.07) is 3.74. The molecule has 1 atom stereocenters. The van der Waals surface area contributed by atoms with Crippen molar-refractivity contribution >= 4 is 5.91 Å². The number of nitriles is 2. The number of carbonyl (C=O) groups is 1. The van der Waals surface area contributed by atoms with Crippen LogP contribution in [0.4, 0.5) is 0 Å². The fourth-order valence-corrected chi connectivity index (χ4v) is 1.48. The number of carbonyl (C=O) groups excluding carboxylic acids is 1. The first kappa shape index (κ1) is 12.4. The minimum atomic E-state index is -0.211. The molecule has 1 aliphatic heterocycles. The lowest BCUT2D eigenvalue weighted by Gasteiger charge is -2.25. The van der Waals surface area contributed by atoms with Crippen LogP contribution in [0, 0.1) is 22.7 Å². The average molecular weight is 222 g/mol. The second-order valence-corrected chi connectivity index (χ2v) is 3.47. The quantitative estimate of drug-likeness (QED) is 0.631. The van der Waals surface area contributed by atoms with Crippen LogP contribution in [0.2, 0.25) is 0 Å². The first-order valence-corrected chi connectivity index (χ1v) is 5.12. The standard InChI is InChI=1S/C10H14N4O2/c11-1-4-14(5-2-12)10(15)7-9-8-13-3-6-16-9/h9,13H,3-8H2. The lowest BCUT2D eigenvalue weighted by atomic mass is 10.2. The van der Waals surface area contributed by atoms with Crippen molar-refractivity contribution in [2.45, 2.75) is 12.5 Å². The zero-order valence-corrected chi connectivity index (χ0v) is 8.98. The number of nitrogens with zero attached hydrogens (tertiary/aromatic N) is 3. The van der Waals surface area contributed by atoms with Gasteiger partial charge in [0.15, 0.2) is 0 Å². The van der Waals surface area contributed by atoms with Crippen molar-refractivity contribution in [3.8, 4) is 12.1 Å². The molecule has 0 aromatic carbocycles. The van der Waals surface area contributed by atoms with E-state index in [0.29, 0.717) is 13.2 Å². The highest BCUT2D eigenvalue weighted by molar-refractivity contribution is 5.77. The summed E-state index contributed by atoms with van der Waals surface area (Å²) in [5.74, 6) is -0.211. The van der Waals surface area contributed by atoms with Gasteiger partial charge in [-0.2, -0.15) is 10.5 Å². The van der Waals surface area contributed by atoms with E-state index >= 15 is 0 Å². The van der Waals surface area contributed by atoms with E-state index in [4.69, 9.17) is 15.3 Å². The summed E-state index contributed by atoms with van der Waals surface area (Å²) in [5.41, 5.74) is 0. The van der Waals surface area contributed by atoms with Gasteiger partial charge >= 0.3 is 0 Å². The Labute approximate surface area is 94.4 Å². The molecule has 1 unspecified atom stereocenters.